The molecule has 0 bridgehead atoms. The van der Waals surface area contributed by atoms with E-state index < -0.39 is 89.9 Å². The molecule has 2 aromatic heterocycles. The van der Waals surface area contributed by atoms with E-state index in [9.17, 15) is 29.1 Å². The summed E-state index contributed by atoms with van der Waals surface area (Å²) in [5.74, 6) is 0.272. The van der Waals surface area contributed by atoms with Gasteiger partial charge < -0.3 is 45.8 Å². The van der Waals surface area contributed by atoms with Gasteiger partial charge in [0.15, 0.2) is 30.1 Å². The lowest BCUT2D eigenvalue weighted by Crippen LogP contribution is -2.52. The van der Waals surface area contributed by atoms with E-state index in [0.29, 0.717) is 0 Å². The second-order valence-electron chi connectivity index (χ2n) is 10.5. The first-order valence-corrected chi connectivity index (χ1v) is 16.3. The minimum absolute atomic E-state index is 0.0770. The van der Waals surface area contributed by atoms with Crippen LogP contribution in [0.15, 0.2) is 27.6 Å². The van der Waals surface area contributed by atoms with Gasteiger partial charge in [-0.05, 0) is 0 Å². The third-order valence-electron chi connectivity index (χ3n) is 7.83. The second kappa shape index (κ2) is 10.8. The minimum atomic E-state index is -4.72. The first kappa shape index (κ1) is 29.7. The Balaban J connectivity index is 1.13. The van der Waals surface area contributed by atoms with Gasteiger partial charge in [-0.15, -0.1) is 0 Å². The zero-order valence-corrected chi connectivity index (χ0v) is 24.2. The van der Waals surface area contributed by atoms with Crippen LogP contribution in [-0.4, -0.2) is 131 Å². The third kappa shape index (κ3) is 5.11. The Hall–Kier alpha value is -2.98. The largest absolute Gasteiger partial charge is 0.403 e. The molecule has 7 heterocycles. The predicted molar refractivity (Wildman–Crippen MR) is 148 cm³/mol. The molecule has 12 atom stereocenters. The number of hydrogen-bond acceptors (Lipinski definition) is 17. The lowest BCUT2D eigenvalue weighted by Gasteiger charge is -2.32. The number of hydrogen-bond donors (Lipinski definition) is 8. The quantitative estimate of drug-likeness (QED) is 0.144. The van der Waals surface area contributed by atoms with Gasteiger partial charge in [0.1, 0.15) is 54.5 Å². The molecular formula is C20H28N12O10P2. The molecule has 0 spiro atoms. The molecule has 3 fully saturated rings. The number of aliphatic hydroxyl groups is 2. The Morgan fingerprint density at radius 2 is 1.55 bits per heavy atom. The fraction of sp³-hybridized carbons (Fsp3) is 0.600. The molecule has 3 saturated heterocycles. The average molecular weight is 658 g/mol. The summed E-state index contributed by atoms with van der Waals surface area (Å²) >= 11 is 0. The topological polar surface area (TPSA) is 312 Å². The predicted octanol–water partition coefficient (Wildman–Crippen LogP) is -3.65. The highest BCUT2D eigenvalue weighted by Crippen LogP contribution is 2.47. The normalized spacial score (nSPS) is 44.1. The van der Waals surface area contributed by atoms with E-state index in [1.54, 1.807) is 0 Å². The minimum Gasteiger partial charge on any atom is -0.387 e. The summed E-state index contributed by atoms with van der Waals surface area (Å²) in [6, 6.07) is -3.32. The van der Waals surface area contributed by atoms with Crippen molar-refractivity contribution in [3.8, 4) is 0 Å². The van der Waals surface area contributed by atoms with Gasteiger partial charge in [-0.3, -0.25) is 18.6 Å². The highest BCUT2D eigenvalue weighted by Gasteiger charge is 2.54. The molecule has 5 aliphatic heterocycles. The number of fused-ring (bicyclic) bond motifs is 4. The molecule has 22 nitrogen and oxygen atoms in total. The van der Waals surface area contributed by atoms with Crippen LogP contribution in [0.2, 0.25) is 0 Å². The number of nitrogens with zero attached hydrogens (tertiary/aromatic N) is 8. The van der Waals surface area contributed by atoms with Crippen LogP contribution in [0.4, 0.5) is 5.82 Å². The number of nitrogens with two attached hydrogens (primary N) is 2. The summed E-state index contributed by atoms with van der Waals surface area (Å²) < 4.78 is 50.2. The molecule has 0 aromatic carbocycles. The zero-order chi connectivity index (χ0) is 31.0. The average Bonchev–Trinajstić information content (AvgIpc) is 3.73. The fourth-order valence-corrected chi connectivity index (χ4v) is 7.97. The highest BCUT2D eigenvalue weighted by molar-refractivity contribution is 7.50. The maximum Gasteiger partial charge on any atom is 0.403 e. The van der Waals surface area contributed by atoms with Crippen molar-refractivity contribution in [2.24, 2.45) is 20.7 Å². The van der Waals surface area contributed by atoms with Crippen LogP contribution in [0.1, 0.15) is 6.23 Å². The summed E-state index contributed by atoms with van der Waals surface area (Å²) in [6.07, 6.45) is -3.62. The number of nitrogen functional groups attached to an aromatic ring is 1. The van der Waals surface area contributed by atoms with Crippen molar-refractivity contribution in [1.29, 1.82) is 0 Å². The summed E-state index contributed by atoms with van der Waals surface area (Å²) in [7, 11) is -9.43. The van der Waals surface area contributed by atoms with Crippen molar-refractivity contribution in [3.05, 3.63) is 12.7 Å². The van der Waals surface area contributed by atoms with Crippen molar-refractivity contribution in [2.75, 3.05) is 18.9 Å². The Morgan fingerprint density at radius 1 is 0.909 bits per heavy atom. The molecule has 44 heavy (non-hydrogen) atoms. The van der Waals surface area contributed by atoms with Gasteiger partial charge in [-0.2, -0.15) is 0 Å². The van der Waals surface area contributed by atoms with Crippen molar-refractivity contribution in [1.82, 2.24) is 34.6 Å². The number of imidazole rings is 1. The van der Waals surface area contributed by atoms with E-state index in [-0.39, 0.29) is 22.8 Å². The lowest BCUT2D eigenvalue weighted by molar-refractivity contribution is -0.0760. The second-order valence-corrected chi connectivity index (χ2v) is 13.6. The standard InChI is InChI=1S/C20H28N12O10P2/c21-15-11-17(25-3-23-15)31(5-27-11)19-13(33)9-7(41-19)1-39-43(35,36)30-10-8(2-40-44(37,38)29-9)42-20(14(10)34)32-6-28-12-16(22)24-4-26-18(12)32/h3-11,13-14,17,19-20,33-34H,1-2H2,(H2,21,23,25)(H2,22,24,26)(H2,29,37,38)(H2,30,35,36)/t7-,8-,9-,10-,11?,13-,14-,17?,19-,20-/m1/s1. The molecule has 7 rings (SSSR count). The van der Waals surface area contributed by atoms with Gasteiger partial charge in [0, 0.05) is 0 Å². The molecule has 238 valence electrons. The fourth-order valence-electron chi connectivity index (χ4n) is 5.73. The van der Waals surface area contributed by atoms with E-state index in [1.807, 2.05) is 0 Å². The maximum absolute atomic E-state index is 13.2. The molecule has 0 radical (unpaired) electrons. The van der Waals surface area contributed by atoms with Crippen LogP contribution in [0.3, 0.4) is 0 Å². The van der Waals surface area contributed by atoms with Crippen molar-refractivity contribution in [2.45, 2.75) is 61.2 Å². The molecule has 10 N–H and O–H groups in total. The van der Waals surface area contributed by atoms with Gasteiger partial charge in [0.25, 0.3) is 0 Å². The SMILES string of the molecule is NC1=NC=NC2C1N=CN2[C@@H]1O[C@@H]2COP(=O)(O)N[C@H]3[C@@H](O)[C@H](n4cnc5c(N)ncnc54)O[C@@H]3COP(=O)(O)N[C@H]2[C@H]1O. The van der Waals surface area contributed by atoms with E-state index in [4.69, 9.17) is 30.0 Å². The Bertz CT molecular complexity index is 1640. The number of anilines is 1. The van der Waals surface area contributed by atoms with Gasteiger partial charge in [-0.25, -0.2) is 44.2 Å². The molecule has 0 saturated carbocycles. The van der Waals surface area contributed by atoms with Crippen molar-refractivity contribution < 1.29 is 47.7 Å². The number of aliphatic hydroxyl groups excluding tert-OH is 2. The molecule has 0 amide bonds. The smallest absolute Gasteiger partial charge is 0.387 e. The van der Waals surface area contributed by atoms with Crippen LogP contribution < -0.4 is 21.6 Å². The number of amidine groups is 1. The van der Waals surface area contributed by atoms with E-state index in [2.05, 4.69) is 40.1 Å². The van der Waals surface area contributed by atoms with Crippen LogP contribution in [-0.2, 0) is 27.7 Å². The third-order valence-corrected chi connectivity index (χ3v) is 10.1. The summed E-state index contributed by atoms with van der Waals surface area (Å²) in [5.41, 5.74) is 12.2. The van der Waals surface area contributed by atoms with Gasteiger partial charge in [0.05, 0.1) is 38.0 Å². The number of rotatable bonds is 2. The van der Waals surface area contributed by atoms with Crippen LogP contribution >= 0.6 is 15.5 Å². The highest BCUT2D eigenvalue weighted by atomic mass is 31.2. The van der Waals surface area contributed by atoms with Crippen LogP contribution in [0, 0.1) is 0 Å². The van der Waals surface area contributed by atoms with Crippen LogP contribution in [0.5, 0.6) is 0 Å². The molecule has 2 aromatic rings. The molecule has 24 heteroatoms. The monoisotopic (exact) mass is 658 g/mol. The van der Waals surface area contributed by atoms with E-state index in [0.717, 1.165) is 0 Å². The number of ether oxygens (including phenoxy) is 2. The number of nitrogens with one attached hydrogen (secondary N) is 2. The lowest BCUT2D eigenvalue weighted by atomic mass is 10.1. The van der Waals surface area contributed by atoms with Crippen molar-refractivity contribution >= 4 is 51.0 Å². The van der Waals surface area contributed by atoms with Gasteiger partial charge in [-0.1, -0.05) is 0 Å². The molecule has 5 aliphatic rings. The Morgan fingerprint density at radius 3 is 2.23 bits per heavy atom. The first-order valence-electron chi connectivity index (χ1n) is 13.2. The Kier molecular flexibility index (Phi) is 7.31. The Labute approximate surface area is 247 Å². The molecule has 4 unspecified atom stereocenters. The van der Waals surface area contributed by atoms with E-state index >= 15 is 0 Å². The van der Waals surface area contributed by atoms with Crippen LogP contribution in [0.25, 0.3) is 11.2 Å². The maximum atomic E-state index is 13.2. The summed E-state index contributed by atoms with van der Waals surface area (Å²) in [4.78, 5) is 47.4. The van der Waals surface area contributed by atoms with Gasteiger partial charge >= 0.3 is 15.5 Å². The van der Waals surface area contributed by atoms with E-state index in [1.165, 1.54) is 34.8 Å². The molecule has 0 aliphatic carbocycles. The summed E-state index contributed by atoms with van der Waals surface area (Å²) in [6.45, 7) is -1.29. The van der Waals surface area contributed by atoms with Crippen molar-refractivity contribution in [3.63, 3.8) is 0 Å². The number of aromatic nitrogens is 4. The summed E-state index contributed by atoms with van der Waals surface area (Å²) in [5, 5.41) is 27.1. The first-order chi connectivity index (χ1) is 20.9. The van der Waals surface area contributed by atoms with Gasteiger partial charge in [0.2, 0.25) is 0 Å². The molecular weight excluding hydrogens is 630 g/mol. The number of aliphatic imine (C=N–C) groups is 3. The zero-order valence-electron chi connectivity index (χ0n) is 22.4.